The summed E-state index contributed by atoms with van der Waals surface area (Å²) in [5, 5.41) is 0. The molecule has 1 heterocycles. The van der Waals surface area contributed by atoms with Crippen LogP contribution in [0.4, 0.5) is 4.39 Å². The number of aryl methyl sites for hydroxylation is 1. The number of ketones is 1. The Balaban J connectivity index is 1.51. The molecule has 0 saturated carbocycles. The van der Waals surface area contributed by atoms with Crippen LogP contribution in [0.15, 0.2) is 72.5 Å². The topological polar surface area (TPSA) is 35.5 Å². The highest BCUT2D eigenvalue weighted by atomic mass is 19.1. The highest BCUT2D eigenvalue weighted by molar-refractivity contribution is 6.14. The number of rotatable bonds is 4. The van der Waals surface area contributed by atoms with Crippen molar-refractivity contribution >= 4 is 11.9 Å². The highest BCUT2D eigenvalue weighted by Gasteiger charge is 2.27. The molecule has 0 N–H and O–H groups in total. The Morgan fingerprint density at radius 2 is 1.85 bits per heavy atom. The third-order valence-corrected chi connectivity index (χ3v) is 4.31. The van der Waals surface area contributed by atoms with Crippen LogP contribution in [0, 0.1) is 12.7 Å². The van der Waals surface area contributed by atoms with Crippen molar-refractivity contribution in [1.82, 2.24) is 0 Å². The molecule has 1 aliphatic rings. The van der Waals surface area contributed by atoms with Crippen molar-refractivity contribution < 1.29 is 18.7 Å². The number of fused-ring (bicyclic) bond motifs is 1. The van der Waals surface area contributed by atoms with Gasteiger partial charge in [-0.25, -0.2) is 4.39 Å². The second-order valence-electron chi connectivity index (χ2n) is 6.43. The number of carbonyl (C=O) groups is 1. The molecule has 0 radical (unpaired) electrons. The molecule has 0 saturated heterocycles. The van der Waals surface area contributed by atoms with E-state index in [0.29, 0.717) is 29.2 Å². The molecule has 0 aromatic heterocycles. The summed E-state index contributed by atoms with van der Waals surface area (Å²) in [6.07, 6.45) is 1.54. The van der Waals surface area contributed by atoms with Crippen LogP contribution < -0.4 is 9.47 Å². The van der Waals surface area contributed by atoms with E-state index in [4.69, 9.17) is 9.47 Å². The Labute approximate surface area is 156 Å². The number of benzene rings is 3. The quantitative estimate of drug-likeness (QED) is 0.590. The van der Waals surface area contributed by atoms with Gasteiger partial charge in [0.1, 0.15) is 23.9 Å². The van der Waals surface area contributed by atoms with Gasteiger partial charge in [-0.1, -0.05) is 42.0 Å². The Morgan fingerprint density at radius 1 is 1.04 bits per heavy atom. The zero-order chi connectivity index (χ0) is 18.8. The minimum Gasteiger partial charge on any atom is -0.489 e. The summed E-state index contributed by atoms with van der Waals surface area (Å²) in [5.74, 6) is 0.655. The van der Waals surface area contributed by atoms with Gasteiger partial charge in [0.05, 0.1) is 5.56 Å². The van der Waals surface area contributed by atoms with E-state index in [1.54, 1.807) is 30.3 Å². The first-order valence-corrected chi connectivity index (χ1v) is 8.61. The van der Waals surface area contributed by atoms with Crippen LogP contribution in [-0.4, -0.2) is 5.78 Å². The maximum absolute atomic E-state index is 13.3. The molecule has 3 aromatic carbocycles. The lowest BCUT2D eigenvalue weighted by atomic mass is 10.1. The van der Waals surface area contributed by atoms with Gasteiger partial charge in [-0.15, -0.1) is 0 Å². The smallest absolute Gasteiger partial charge is 0.231 e. The summed E-state index contributed by atoms with van der Waals surface area (Å²) >= 11 is 0. The van der Waals surface area contributed by atoms with Gasteiger partial charge in [-0.2, -0.15) is 0 Å². The Morgan fingerprint density at radius 3 is 2.63 bits per heavy atom. The SMILES string of the molecule is Cc1ccc(COc2ccc3c(c2)O/C(=C\c2cccc(F)c2)C3=O)cc1. The van der Waals surface area contributed by atoms with Gasteiger partial charge < -0.3 is 9.47 Å². The highest BCUT2D eigenvalue weighted by Crippen LogP contribution is 2.35. The summed E-state index contributed by atoms with van der Waals surface area (Å²) in [7, 11) is 0. The zero-order valence-electron chi connectivity index (χ0n) is 14.7. The molecular weight excluding hydrogens is 343 g/mol. The maximum Gasteiger partial charge on any atom is 0.231 e. The largest absolute Gasteiger partial charge is 0.489 e. The van der Waals surface area contributed by atoms with E-state index in [1.807, 2.05) is 31.2 Å². The molecule has 0 unspecified atom stereocenters. The van der Waals surface area contributed by atoms with Crippen molar-refractivity contribution in [2.75, 3.05) is 0 Å². The molecule has 27 heavy (non-hydrogen) atoms. The van der Waals surface area contributed by atoms with Crippen LogP contribution >= 0.6 is 0 Å². The molecule has 4 heteroatoms. The summed E-state index contributed by atoms with van der Waals surface area (Å²) < 4.78 is 24.8. The average molecular weight is 360 g/mol. The van der Waals surface area contributed by atoms with Gasteiger partial charge in [0.2, 0.25) is 5.78 Å². The van der Waals surface area contributed by atoms with Gasteiger partial charge in [0.25, 0.3) is 0 Å². The fourth-order valence-corrected chi connectivity index (χ4v) is 2.86. The Hall–Kier alpha value is -3.40. The fourth-order valence-electron chi connectivity index (χ4n) is 2.86. The molecule has 0 bridgehead atoms. The van der Waals surface area contributed by atoms with Gasteiger partial charge in [0, 0.05) is 6.07 Å². The number of Topliss-reactive ketones (excluding diaryl/α,β-unsaturated/α-hetero) is 1. The van der Waals surface area contributed by atoms with Crippen molar-refractivity contribution in [2.24, 2.45) is 0 Å². The van der Waals surface area contributed by atoms with Gasteiger partial charge in [0.15, 0.2) is 5.76 Å². The first-order chi connectivity index (χ1) is 13.1. The Bertz CT molecular complexity index is 1040. The van der Waals surface area contributed by atoms with Gasteiger partial charge in [-0.3, -0.25) is 4.79 Å². The lowest BCUT2D eigenvalue weighted by Gasteiger charge is -2.07. The lowest BCUT2D eigenvalue weighted by Crippen LogP contribution is -1.98. The van der Waals surface area contributed by atoms with E-state index in [2.05, 4.69) is 0 Å². The monoisotopic (exact) mass is 360 g/mol. The zero-order valence-corrected chi connectivity index (χ0v) is 14.7. The molecule has 0 amide bonds. The first-order valence-electron chi connectivity index (χ1n) is 8.61. The predicted molar refractivity (Wildman–Crippen MR) is 101 cm³/mol. The van der Waals surface area contributed by atoms with Crippen LogP contribution in [0.3, 0.4) is 0 Å². The number of halogens is 1. The number of hydrogen-bond donors (Lipinski definition) is 0. The second-order valence-corrected chi connectivity index (χ2v) is 6.43. The molecular formula is C23H17FO3. The number of allylic oxidation sites excluding steroid dienone is 1. The predicted octanol–water partition coefficient (Wildman–Crippen LogP) is 5.33. The third-order valence-electron chi connectivity index (χ3n) is 4.31. The van der Waals surface area contributed by atoms with E-state index in [0.717, 1.165) is 5.56 Å². The molecule has 134 valence electrons. The second kappa shape index (κ2) is 7.08. The average Bonchev–Trinajstić information content (AvgIpc) is 2.96. The van der Waals surface area contributed by atoms with Crippen LogP contribution in [0.2, 0.25) is 0 Å². The van der Waals surface area contributed by atoms with Crippen molar-refractivity contribution in [3.05, 3.63) is 101 Å². The van der Waals surface area contributed by atoms with Crippen molar-refractivity contribution in [3.63, 3.8) is 0 Å². The number of carbonyl (C=O) groups excluding carboxylic acids is 1. The molecule has 4 rings (SSSR count). The van der Waals surface area contributed by atoms with Crippen LogP contribution in [0.25, 0.3) is 6.08 Å². The molecule has 3 nitrogen and oxygen atoms in total. The fraction of sp³-hybridized carbons (Fsp3) is 0.0870. The van der Waals surface area contributed by atoms with Crippen LogP contribution in [-0.2, 0) is 6.61 Å². The van der Waals surface area contributed by atoms with E-state index < -0.39 is 0 Å². The maximum atomic E-state index is 13.3. The van der Waals surface area contributed by atoms with Crippen molar-refractivity contribution in [2.45, 2.75) is 13.5 Å². The first kappa shape index (κ1) is 17.0. The lowest BCUT2D eigenvalue weighted by molar-refractivity contribution is 0.101. The third kappa shape index (κ3) is 3.75. The van der Waals surface area contributed by atoms with Gasteiger partial charge >= 0.3 is 0 Å². The summed E-state index contributed by atoms with van der Waals surface area (Å²) in [5.41, 5.74) is 3.30. The molecule has 3 aromatic rings. The molecule has 1 aliphatic heterocycles. The van der Waals surface area contributed by atoms with E-state index in [9.17, 15) is 9.18 Å². The van der Waals surface area contributed by atoms with Gasteiger partial charge in [-0.05, 0) is 48.4 Å². The molecule has 0 spiro atoms. The van der Waals surface area contributed by atoms with Crippen molar-refractivity contribution in [1.29, 1.82) is 0 Å². The molecule has 0 aliphatic carbocycles. The van der Waals surface area contributed by atoms with Crippen LogP contribution in [0.5, 0.6) is 11.5 Å². The van der Waals surface area contributed by atoms with E-state index in [-0.39, 0.29) is 17.4 Å². The summed E-state index contributed by atoms with van der Waals surface area (Å²) in [4.78, 5) is 12.5. The minimum absolute atomic E-state index is 0.172. The van der Waals surface area contributed by atoms with E-state index in [1.165, 1.54) is 23.8 Å². The van der Waals surface area contributed by atoms with Crippen molar-refractivity contribution in [3.8, 4) is 11.5 Å². The van der Waals surface area contributed by atoms with Crippen LogP contribution in [0.1, 0.15) is 27.0 Å². The molecule has 0 atom stereocenters. The molecule has 0 fully saturated rings. The summed E-state index contributed by atoms with van der Waals surface area (Å²) in [6.45, 7) is 2.47. The standard InChI is InChI=1S/C23H17FO3/c1-15-5-7-16(8-6-15)14-26-19-9-10-20-21(13-19)27-22(23(20)25)12-17-3-2-4-18(24)11-17/h2-13H,14H2,1H3/b22-12-. The Kier molecular flexibility index (Phi) is 4.47. The minimum atomic E-state index is -0.362. The number of ether oxygens (including phenoxy) is 2. The van der Waals surface area contributed by atoms with E-state index >= 15 is 0 Å². The normalized spacial score (nSPS) is 14.1. The summed E-state index contributed by atoms with van der Waals surface area (Å²) in [6, 6.07) is 19.2. The number of hydrogen-bond acceptors (Lipinski definition) is 3.